The molecule has 3 aliphatic heterocycles. The Labute approximate surface area is 277 Å². The van der Waals surface area contributed by atoms with Crippen LogP contribution < -0.4 is 16.0 Å². The van der Waals surface area contributed by atoms with Crippen molar-refractivity contribution in [1.29, 1.82) is 5.41 Å². The highest BCUT2D eigenvalue weighted by molar-refractivity contribution is 6.23. The third-order valence-electron chi connectivity index (χ3n) is 9.19. The minimum absolute atomic E-state index is 0.0708. The van der Waals surface area contributed by atoms with Crippen molar-refractivity contribution in [3.05, 3.63) is 71.7 Å². The molecule has 13 heteroatoms. The van der Waals surface area contributed by atoms with Gasteiger partial charge in [-0.3, -0.25) is 39.2 Å². The molecular weight excluding hydrogens is 612 g/mol. The summed E-state index contributed by atoms with van der Waals surface area (Å²) in [6.07, 6.45) is 7.95. The van der Waals surface area contributed by atoms with Crippen LogP contribution in [0.5, 0.6) is 0 Å². The van der Waals surface area contributed by atoms with E-state index in [4.69, 9.17) is 5.41 Å². The van der Waals surface area contributed by atoms with Gasteiger partial charge in [0.05, 0.1) is 34.1 Å². The highest BCUT2D eigenvalue weighted by Gasteiger charge is 2.44. The lowest BCUT2D eigenvalue weighted by atomic mass is 10.00. The molecule has 13 nitrogen and oxygen atoms in total. The van der Waals surface area contributed by atoms with Crippen molar-refractivity contribution in [2.75, 3.05) is 25.0 Å². The van der Waals surface area contributed by atoms with Crippen LogP contribution in [0.2, 0.25) is 0 Å². The van der Waals surface area contributed by atoms with Crippen molar-refractivity contribution in [3.63, 3.8) is 0 Å². The second-order valence-electron chi connectivity index (χ2n) is 12.4. The minimum Gasteiger partial charge on any atom is -0.387 e. The fourth-order valence-corrected chi connectivity index (χ4v) is 6.42. The fraction of sp³-hybridized carbons (Fsp3) is 0.371. The smallest absolute Gasteiger partial charge is 0.262 e. The van der Waals surface area contributed by atoms with Gasteiger partial charge in [0.1, 0.15) is 6.04 Å². The molecule has 4 heterocycles. The predicted octanol–water partition coefficient (Wildman–Crippen LogP) is 3.13. The van der Waals surface area contributed by atoms with Gasteiger partial charge in [0.15, 0.2) is 0 Å². The molecule has 0 bridgehead atoms. The SMILES string of the molecule is CC(CCCNc1ccc2c(c1)C(=O)N(C1CCC(=O)NC1=O)C2=O)C(=O)N1CCC(N/C=C(\C=N)c2cnc3ccccc3n2)CC1. The number of para-hydroxylation sites is 2. The van der Waals surface area contributed by atoms with Gasteiger partial charge in [0.25, 0.3) is 11.8 Å². The summed E-state index contributed by atoms with van der Waals surface area (Å²) in [5.74, 6) is -2.14. The first-order valence-corrected chi connectivity index (χ1v) is 16.3. The summed E-state index contributed by atoms with van der Waals surface area (Å²) in [6, 6.07) is 11.7. The molecule has 6 rings (SSSR count). The summed E-state index contributed by atoms with van der Waals surface area (Å²) in [5.41, 5.74) is 3.98. The molecule has 248 valence electrons. The van der Waals surface area contributed by atoms with Crippen molar-refractivity contribution < 1.29 is 24.0 Å². The Morgan fingerprint density at radius 2 is 1.79 bits per heavy atom. The molecule has 2 fully saturated rings. The van der Waals surface area contributed by atoms with E-state index in [1.54, 1.807) is 24.4 Å². The maximum Gasteiger partial charge on any atom is 0.262 e. The minimum atomic E-state index is -0.999. The van der Waals surface area contributed by atoms with Gasteiger partial charge in [-0.25, -0.2) is 4.98 Å². The maximum absolute atomic E-state index is 13.2. The summed E-state index contributed by atoms with van der Waals surface area (Å²) < 4.78 is 0. The molecule has 2 aromatic carbocycles. The second-order valence-corrected chi connectivity index (χ2v) is 12.4. The van der Waals surface area contributed by atoms with Crippen LogP contribution in [0.1, 0.15) is 71.9 Å². The van der Waals surface area contributed by atoms with Gasteiger partial charge in [-0.2, -0.15) is 0 Å². The molecule has 2 unspecified atom stereocenters. The topological polar surface area (TPSA) is 178 Å². The first kappa shape index (κ1) is 32.5. The number of benzene rings is 2. The molecule has 0 radical (unpaired) electrons. The summed E-state index contributed by atoms with van der Waals surface area (Å²) >= 11 is 0. The lowest BCUT2D eigenvalue weighted by Gasteiger charge is -2.34. The molecule has 4 N–H and O–H groups in total. The van der Waals surface area contributed by atoms with Crippen LogP contribution in [0.25, 0.3) is 16.6 Å². The van der Waals surface area contributed by atoms with Crippen molar-refractivity contribution in [2.45, 2.75) is 57.5 Å². The highest BCUT2D eigenvalue weighted by atomic mass is 16.2. The number of anilines is 1. The molecule has 48 heavy (non-hydrogen) atoms. The molecule has 0 aliphatic carbocycles. The maximum atomic E-state index is 13.2. The zero-order valence-electron chi connectivity index (χ0n) is 26.7. The summed E-state index contributed by atoms with van der Waals surface area (Å²) in [4.78, 5) is 74.9. The average molecular weight is 651 g/mol. The Morgan fingerprint density at radius 1 is 1.04 bits per heavy atom. The van der Waals surface area contributed by atoms with Crippen LogP contribution in [0.4, 0.5) is 5.69 Å². The van der Waals surface area contributed by atoms with E-state index in [0.717, 1.165) is 35.2 Å². The van der Waals surface area contributed by atoms with E-state index in [2.05, 4.69) is 25.9 Å². The van der Waals surface area contributed by atoms with E-state index >= 15 is 0 Å². The van der Waals surface area contributed by atoms with E-state index in [9.17, 15) is 24.0 Å². The van der Waals surface area contributed by atoms with Crippen LogP contribution >= 0.6 is 0 Å². The van der Waals surface area contributed by atoms with Crippen LogP contribution in [-0.2, 0) is 14.4 Å². The third kappa shape index (κ3) is 6.80. The summed E-state index contributed by atoms with van der Waals surface area (Å²) in [6.45, 7) is 3.82. The summed E-state index contributed by atoms with van der Waals surface area (Å²) in [5, 5.41) is 16.8. The Morgan fingerprint density at radius 3 is 2.54 bits per heavy atom. The van der Waals surface area contributed by atoms with E-state index in [1.165, 1.54) is 6.21 Å². The predicted molar refractivity (Wildman–Crippen MR) is 179 cm³/mol. The molecule has 2 saturated heterocycles. The van der Waals surface area contributed by atoms with Crippen LogP contribution in [0.15, 0.2) is 54.9 Å². The Bertz CT molecular complexity index is 1820. The molecule has 1 aromatic heterocycles. The number of nitrogens with one attached hydrogen (secondary N) is 4. The number of carbonyl (C=O) groups excluding carboxylic acids is 5. The van der Waals surface area contributed by atoms with E-state index in [-0.39, 0.29) is 41.8 Å². The van der Waals surface area contributed by atoms with Crippen molar-refractivity contribution in [2.24, 2.45) is 5.92 Å². The molecule has 3 aliphatic rings. The zero-order chi connectivity index (χ0) is 33.8. The van der Waals surface area contributed by atoms with Crippen molar-refractivity contribution in [1.82, 2.24) is 30.4 Å². The Hall–Kier alpha value is -5.46. The number of nitrogens with zero attached hydrogens (tertiary/aromatic N) is 4. The number of hydrogen-bond acceptors (Lipinski definition) is 10. The molecule has 5 amide bonds. The second kappa shape index (κ2) is 14.1. The van der Waals surface area contributed by atoms with E-state index in [0.29, 0.717) is 43.0 Å². The normalized spacial score (nSPS) is 19.3. The number of rotatable bonds is 11. The summed E-state index contributed by atoms with van der Waals surface area (Å²) in [7, 11) is 0. The number of imide groups is 2. The third-order valence-corrected chi connectivity index (χ3v) is 9.19. The number of likely N-dealkylation sites (tertiary alicyclic amines) is 1. The van der Waals surface area contributed by atoms with Gasteiger partial charge >= 0.3 is 0 Å². The quantitative estimate of drug-likeness (QED) is 0.138. The standard InChI is InChI=1S/C35H38N8O5/c1-21(5-4-14-37-24-8-9-25-26(17-24)35(48)43(34(25)47)30-10-11-31(44)41-32(30)45)33(46)42-15-12-23(13-16-42)38-19-22(18-36)29-20-39-27-6-2-3-7-28(27)40-29/h2-3,6-9,17-21,23,30,36-38H,4-5,10-16H2,1H3,(H,41,44,45)/b22-19+,36-18?. The van der Waals surface area contributed by atoms with Gasteiger partial charge in [0, 0.05) is 61.7 Å². The first-order chi connectivity index (χ1) is 23.2. The zero-order valence-corrected chi connectivity index (χ0v) is 26.7. The first-order valence-electron chi connectivity index (χ1n) is 16.3. The highest BCUT2D eigenvalue weighted by Crippen LogP contribution is 2.29. The number of fused-ring (bicyclic) bond motifs is 2. The fourth-order valence-electron chi connectivity index (χ4n) is 6.42. The monoisotopic (exact) mass is 650 g/mol. The molecule has 2 atom stereocenters. The largest absolute Gasteiger partial charge is 0.387 e. The van der Waals surface area contributed by atoms with Gasteiger partial charge in [-0.1, -0.05) is 19.1 Å². The number of allylic oxidation sites excluding steroid dienone is 1. The van der Waals surface area contributed by atoms with Gasteiger partial charge < -0.3 is 20.9 Å². The number of carbonyl (C=O) groups is 5. The Balaban J connectivity index is 0.939. The van der Waals surface area contributed by atoms with Crippen LogP contribution in [0.3, 0.4) is 0 Å². The van der Waals surface area contributed by atoms with Crippen molar-refractivity contribution >= 4 is 58.0 Å². The molecule has 0 spiro atoms. The lowest BCUT2D eigenvalue weighted by molar-refractivity contribution is -0.137. The number of hydrogen-bond donors (Lipinski definition) is 4. The number of piperidine rings is 2. The van der Waals surface area contributed by atoms with Crippen molar-refractivity contribution in [3.8, 4) is 0 Å². The number of aromatic nitrogens is 2. The average Bonchev–Trinajstić information content (AvgIpc) is 3.35. The van der Waals surface area contributed by atoms with Gasteiger partial charge in [-0.05, 0) is 62.4 Å². The lowest BCUT2D eigenvalue weighted by Crippen LogP contribution is -2.54. The van der Waals surface area contributed by atoms with Crippen LogP contribution in [-0.4, -0.2) is 87.2 Å². The van der Waals surface area contributed by atoms with Gasteiger partial charge in [0.2, 0.25) is 17.7 Å². The van der Waals surface area contributed by atoms with E-state index in [1.807, 2.05) is 42.3 Å². The Kier molecular flexibility index (Phi) is 9.55. The van der Waals surface area contributed by atoms with E-state index < -0.39 is 29.7 Å². The molecule has 0 saturated carbocycles. The van der Waals surface area contributed by atoms with Gasteiger partial charge in [-0.15, -0.1) is 0 Å². The number of amides is 5. The van der Waals surface area contributed by atoms with Crippen LogP contribution in [0, 0.1) is 11.3 Å². The molecular formula is C35H38N8O5. The molecule has 3 aromatic rings.